The molecule has 1 spiro atoms. The average Bonchev–Trinajstić information content (AvgIpc) is 3.53. The van der Waals surface area contributed by atoms with E-state index in [0.717, 1.165) is 54.9 Å². The predicted octanol–water partition coefficient (Wildman–Crippen LogP) is 1.15. The van der Waals surface area contributed by atoms with E-state index in [2.05, 4.69) is 20.4 Å². The Morgan fingerprint density at radius 1 is 1.15 bits per heavy atom. The molecule has 1 aromatic heterocycles. The molecule has 174 valence electrons. The third-order valence-electron chi connectivity index (χ3n) is 7.39. The lowest BCUT2D eigenvalue weighted by molar-refractivity contribution is -0.138. The van der Waals surface area contributed by atoms with Crippen LogP contribution in [0.2, 0.25) is 0 Å². The fourth-order valence-electron chi connectivity index (χ4n) is 5.25. The number of carbonyl (C=O) groups is 2. The number of benzene rings is 1. The molecule has 2 fully saturated rings. The lowest BCUT2D eigenvalue weighted by atomic mass is 9.77. The number of hydrogen-bond donors (Lipinski definition) is 1. The highest BCUT2D eigenvalue weighted by Crippen LogP contribution is 2.44. The third kappa shape index (κ3) is 3.83. The van der Waals surface area contributed by atoms with Gasteiger partial charge in [0, 0.05) is 13.1 Å². The third-order valence-corrected chi connectivity index (χ3v) is 7.39. The number of aliphatic hydroxyl groups is 1. The van der Waals surface area contributed by atoms with E-state index < -0.39 is 6.10 Å². The highest BCUT2D eigenvalue weighted by Gasteiger charge is 2.50. The van der Waals surface area contributed by atoms with Crippen LogP contribution in [0.4, 0.5) is 0 Å². The number of hydrogen-bond acceptors (Lipinski definition) is 8. The molecule has 1 aromatic carbocycles. The molecule has 2 aromatic rings. The Hall–Kier alpha value is -3.11. The minimum absolute atomic E-state index is 0.115. The summed E-state index contributed by atoms with van der Waals surface area (Å²) < 4.78 is 6.68. The number of rotatable bonds is 5. The molecule has 33 heavy (non-hydrogen) atoms. The van der Waals surface area contributed by atoms with Crippen LogP contribution in [0.3, 0.4) is 0 Å². The second-order valence-electron chi connectivity index (χ2n) is 9.25. The monoisotopic (exact) mass is 452 g/mol. The number of aliphatic hydroxyl groups excluding tert-OH is 1. The van der Waals surface area contributed by atoms with Crippen molar-refractivity contribution in [3.05, 3.63) is 46.9 Å². The van der Waals surface area contributed by atoms with Crippen LogP contribution < -0.4 is 0 Å². The smallest absolute Gasteiger partial charge is 0.336 e. The van der Waals surface area contributed by atoms with Gasteiger partial charge in [0.1, 0.15) is 12.9 Å². The summed E-state index contributed by atoms with van der Waals surface area (Å²) in [5, 5.41) is 22.1. The topological polar surface area (TPSA) is 114 Å². The number of nitrogens with zero attached hydrogens (tertiary/aromatic N) is 6. The molecule has 2 saturated heterocycles. The van der Waals surface area contributed by atoms with Crippen molar-refractivity contribution in [2.45, 2.75) is 39.2 Å². The van der Waals surface area contributed by atoms with E-state index >= 15 is 0 Å². The number of β-amino-alcohol motifs (C(OH)–C–C–N with tert-alkyl or cyclic N) is 1. The summed E-state index contributed by atoms with van der Waals surface area (Å²) in [5.41, 5.74) is 3.59. The normalized spacial score (nSPS) is 21.8. The molecular weight excluding hydrogens is 424 g/mol. The Balaban J connectivity index is 1.21. The molecule has 0 saturated carbocycles. The number of esters is 1. The molecule has 3 aliphatic heterocycles. The van der Waals surface area contributed by atoms with Crippen molar-refractivity contribution in [2.24, 2.45) is 5.41 Å². The molecule has 1 atom stereocenters. The van der Waals surface area contributed by atoms with Gasteiger partial charge in [0.25, 0.3) is 0 Å². The van der Waals surface area contributed by atoms with Crippen molar-refractivity contribution in [1.82, 2.24) is 30.0 Å². The maximum absolute atomic E-state index is 13.3. The van der Waals surface area contributed by atoms with Crippen LogP contribution in [-0.2, 0) is 14.3 Å². The van der Waals surface area contributed by atoms with Gasteiger partial charge in [-0.25, -0.2) is 9.48 Å². The molecule has 1 N–H and O–H groups in total. The summed E-state index contributed by atoms with van der Waals surface area (Å²) >= 11 is 0. The van der Waals surface area contributed by atoms with Gasteiger partial charge in [-0.2, -0.15) is 0 Å². The Bertz CT molecular complexity index is 1100. The first-order chi connectivity index (χ1) is 15.9. The van der Waals surface area contributed by atoms with Gasteiger partial charge < -0.3 is 19.6 Å². The van der Waals surface area contributed by atoms with Gasteiger partial charge in [0.15, 0.2) is 0 Å². The first-order valence-corrected chi connectivity index (χ1v) is 11.3. The summed E-state index contributed by atoms with van der Waals surface area (Å²) in [6.07, 6.45) is 3.23. The standard InChI is InChI=1S/C23H28N6O4/c1-15-11-17(29-14-24-25-26-29)3-4-18(15)20(30)12-27-8-5-23(6-9-27)7-10-28(22(23)32)19-13-33-21(31)16(19)2/h3-4,11,14,20,30H,5-10,12-13H2,1-2H3/t20-/m0/s1. The molecule has 0 bridgehead atoms. The van der Waals surface area contributed by atoms with Crippen molar-refractivity contribution in [3.63, 3.8) is 0 Å². The molecule has 1 amide bonds. The SMILES string of the molecule is CC1=C(N2CCC3(CCN(C[C@H](O)c4ccc(-n5cnnn5)cc4C)CC3)C2=O)COC1=O. The predicted molar refractivity (Wildman–Crippen MR) is 117 cm³/mol. The maximum Gasteiger partial charge on any atom is 0.336 e. The van der Waals surface area contributed by atoms with Gasteiger partial charge >= 0.3 is 5.97 Å². The van der Waals surface area contributed by atoms with E-state index in [1.165, 1.54) is 6.33 Å². The van der Waals surface area contributed by atoms with E-state index in [-0.39, 0.29) is 23.9 Å². The second kappa shape index (κ2) is 8.35. The fraction of sp³-hybridized carbons (Fsp3) is 0.522. The summed E-state index contributed by atoms with van der Waals surface area (Å²) in [4.78, 5) is 29.0. The van der Waals surface area contributed by atoms with Crippen molar-refractivity contribution in [3.8, 4) is 5.69 Å². The number of aromatic nitrogens is 4. The van der Waals surface area contributed by atoms with Gasteiger partial charge in [-0.15, -0.1) is 5.10 Å². The first kappa shape index (κ1) is 21.7. The van der Waals surface area contributed by atoms with E-state index in [4.69, 9.17) is 4.74 Å². The number of piperidine rings is 1. The van der Waals surface area contributed by atoms with Gasteiger partial charge in [-0.1, -0.05) is 6.07 Å². The zero-order chi connectivity index (χ0) is 23.2. The number of ether oxygens (including phenoxy) is 1. The summed E-state index contributed by atoms with van der Waals surface area (Å²) in [5.74, 6) is -0.215. The lowest BCUT2D eigenvalue weighted by Crippen LogP contribution is -2.45. The van der Waals surface area contributed by atoms with Crippen LogP contribution in [0.25, 0.3) is 5.69 Å². The van der Waals surface area contributed by atoms with Gasteiger partial charge in [-0.3, -0.25) is 4.79 Å². The number of likely N-dealkylation sites (tertiary alicyclic amines) is 2. The highest BCUT2D eigenvalue weighted by atomic mass is 16.5. The minimum atomic E-state index is -0.618. The van der Waals surface area contributed by atoms with Crippen LogP contribution in [0.1, 0.15) is 43.4 Å². The van der Waals surface area contributed by atoms with E-state index in [0.29, 0.717) is 18.7 Å². The van der Waals surface area contributed by atoms with Crippen molar-refractivity contribution < 1.29 is 19.4 Å². The summed E-state index contributed by atoms with van der Waals surface area (Å²) in [7, 11) is 0. The van der Waals surface area contributed by atoms with E-state index in [1.807, 2.05) is 25.1 Å². The van der Waals surface area contributed by atoms with Crippen LogP contribution in [0.15, 0.2) is 35.8 Å². The van der Waals surface area contributed by atoms with Crippen molar-refractivity contribution in [2.75, 3.05) is 32.8 Å². The summed E-state index contributed by atoms with van der Waals surface area (Å²) in [6.45, 7) is 6.55. The fourth-order valence-corrected chi connectivity index (χ4v) is 5.25. The number of amides is 1. The molecule has 10 heteroatoms. The molecule has 3 aliphatic rings. The quantitative estimate of drug-likeness (QED) is 0.672. The first-order valence-electron chi connectivity index (χ1n) is 11.3. The number of aryl methyl sites for hydroxylation is 1. The Morgan fingerprint density at radius 2 is 1.91 bits per heavy atom. The number of carbonyl (C=O) groups excluding carboxylic acids is 2. The van der Waals surface area contributed by atoms with E-state index in [9.17, 15) is 14.7 Å². The number of tetrazole rings is 1. The van der Waals surface area contributed by atoms with Crippen LogP contribution in [0.5, 0.6) is 0 Å². The largest absolute Gasteiger partial charge is 0.456 e. The number of cyclic esters (lactones) is 1. The molecule has 0 radical (unpaired) electrons. The van der Waals surface area contributed by atoms with Crippen LogP contribution in [-0.4, -0.2) is 79.8 Å². The zero-order valence-corrected chi connectivity index (χ0v) is 18.9. The Kier molecular flexibility index (Phi) is 5.49. The molecule has 10 nitrogen and oxygen atoms in total. The lowest BCUT2D eigenvalue weighted by Gasteiger charge is -2.38. The van der Waals surface area contributed by atoms with Gasteiger partial charge in [0.05, 0.1) is 28.5 Å². The van der Waals surface area contributed by atoms with Crippen molar-refractivity contribution in [1.29, 1.82) is 0 Å². The molecule has 0 aliphatic carbocycles. The molecular formula is C23H28N6O4. The molecule has 4 heterocycles. The second-order valence-corrected chi connectivity index (χ2v) is 9.25. The molecule has 0 unspecified atom stereocenters. The Morgan fingerprint density at radius 3 is 2.55 bits per heavy atom. The maximum atomic E-state index is 13.3. The Labute approximate surface area is 191 Å². The van der Waals surface area contributed by atoms with Crippen LogP contribution in [0, 0.1) is 12.3 Å². The highest BCUT2D eigenvalue weighted by molar-refractivity contribution is 5.94. The zero-order valence-electron chi connectivity index (χ0n) is 18.9. The average molecular weight is 453 g/mol. The van der Waals surface area contributed by atoms with Crippen molar-refractivity contribution >= 4 is 11.9 Å². The van der Waals surface area contributed by atoms with Gasteiger partial charge in [-0.05, 0) is 79.9 Å². The summed E-state index contributed by atoms with van der Waals surface area (Å²) in [6, 6.07) is 5.77. The molecule has 5 rings (SSSR count). The van der Waals surface area contributed by atoms with Gasteiger partial charge in [0.2, 0.25) is 5.91 Å². The van der Waals surface area contributed by atoms with Crippen LogP contribution >= 0.6 is 0 Å². The van der Waals surface area contributed by atoms with E-state index in [1.54, 1.807) is 16.5 Å². The minimum Gasteiger partial charge on any atom is -0.456 e.